The van der Waals surface area contributed by atoms with Crippen molar-refractivity contribution in [3.05, 3.63) is 35.9 Å². The lowest BCUT2D eigenvalue weighted by atomic mass is 10.0. The molecule has 3 N–H and O–H groups in total. The van der Waals surface area contributed by atoms with Crippen LogP contribution in [-0.2, 0) is 4.79 Å². The molecule has 0 bridgehead atoms. The molecular weight excluding hydrogens is 192 g/mol. The van der Waals surface area contributed by atoms with Gasteiger partial charge in [-0.05, 0) is 12.5 Å². The monoisotopic (exact) mass is 208 g/mol. The highest BCUT2D eigenvalue weighted by molar-refractivity contribution is 5.72. The van der Waals surface area contributed by atoms with Crippen molar-refractivity contribution in [1.29, 1.82) is 0 Å². The maximum Gasteiger partial charge on any atom is 0.230 e. The Morgan fingerprint density at radius 2 is 1.93 bits per heavy atom. The SMILES string of the molecule is CC(=O)NNC(C)C(O)c1ccccc1. The molecule has 82 valence electrons. The fourth-order valence-corrected chi connectivity index (χ4v) is 1.23. The van der Waals surface area contributed by atoms with Gasteiger partial charge in [-0.2, -0.15) is 0 Å². The molecule has 0 aliphatic carbocycles. The van der Waals surface area contributed by atoms with Crippen LogP contribution in [0.3, 0.4) is 0 Å². The number of hydrazine groups is 1. The highest BCUT2D eigenvalue weighted by atomic mass is 16.3. The minimum atomic E-state index is -0.641. The maximum absolute atomic E-state index is 10.7. The molecule has 0 radical (unpaired) electrons. The predicted molar refractivity (Wildman–Crippen MR) is 57.8 cm³/mol. The molecule has 1 amide bonds. The van der Waals surface area contributed by atoms with Crippen LogP contribution in [-0.4, -0.2) is 17.1 Å². The lowest BCUT2D eigenvalue weighted by Crippen LogP contribution is -2.44. The minimum Gasteiger partial charge on any atom is -0.387 e. The van der Waals surface area contributed by atoms with Crippen molar-refractivity contribution in [2.24, 2.45) is 0 Å². The largest absolute Gasteiger partial charge is 0.387 e. The van der Waals surface area contributed by atoms with E-state index >= 15 is 0 Å². The van der Waals surface area contributed by atoms with E-state index in [0.29, 0.717) is 0 Å². The molecule has 0 heterocycles. The van der Waals surface area contributed by atoms with Crippen LogP contribution in [0.25, 0.3) is 0 Å². The zero-order valence-corrected chi connectivity index (χ0v) is 8.90. The average Bonchev–Trinajstić information content (AvgIpc) is 2.26. The third-order valence-electron chi connectivity index (χ3n) is 2.09. The average molecular weight is 208 g/mol. The number of carbonyl (C=O) groups excluding carboxylic acids is 1. The smallest absolute Gasteiger partial charge is 0.230 e. The van der Waals surface area contributed by atoms with Crippen LogP contribution >= 0.6 is 0 Å². The van der Waals surface area contributed by atoms with E-state index < -0.39 is 6.10 Å². The number of aliphatic hydroxyl groups excluding tert-OH is 1. The Morgan fingerprint density at radius 1 is 1.33 bits per heavy atom. The topological polar surface area (TPSA) is 61.4 Å². The Kier molecular flexibility index (Phi) is 4.27. The molecule has 0 spiro atoms. The van der Waals surface area contributed by atoms with Gasteiger partial charge in [-0.3, -0.25) is 10.2 Å². The van der Waals surface area contributed by atoms with Crippen LogP contribution in [0.2, 0.25) is 0 Å². The van der Waals surface area contributed by atoms with Crippen molar-refractivity contribution in [1.82, 2.24) is 10.9 Å². The normalized spacial score (nSPS) is 14.3. The lowest BCUT2D eigenvalue weighted by molar-refractivity contribution is -0.120. The Bertz CT molecular complexity index is 314. The first kappa shape index (κ1) is 11.7. The predicted octanol–water partition coefficient (Wildman–Crippen LogP) is 0.749. The molecule has 0 saturated heterocycles. The number of rotatable bonds is 4. The second-order valence-corrected chi connectivity index (χ2v) is 3.47. The van der Waals surface area contributed by atoms with Gasteiger partial charge in [0.25, 0.3) is 0 Å². The molecule has 2 atom stereocenters. The van der Waals surface area contributed by atoms with E-state index in [0.717, 1.165) is 5.56 Å². The van der Waals surface area contributed by atoms with Gasteiger partial charge in [-0.15, -0.1) is 0 Å². The van der Waals surface area contributed by atoms with Gasteiger partial charge in [0.2, 0.25) is 5.91 Å². The van der Waals surface area contributed by atoms with Crippen molar-refractivity contribution in [2.45, 2.75) is 26.0 Å². The number of carbonyl (C=O) groups is 1. The Hall–Kier alpha value is -1.39. The molecule has 0 saturated carbocycles. The molecule has 1 rings (SSSR count). The Labute approximate surface area is 89.3 Å². The minimum absolute atomic E-state index is 0.179. The van der Waals surface area contributed by atoms with Gasteiger partial charge in [0.15, 0.2) is 0 Å². The number of amides is 1. The van der Waals surface area contributed by atoms with Gasteiger partial charge in [0.05, 0.1) is 12.1 Å². The fourth-order valence-electron chi connectivity index (χ4n) is 1.23. The third-order valence-corrected chi connectivity index (χ3v) is 2.09. The fraction of sp³-hybridized carbons (Fsp3) is 0.364. The molecule has 4 heteroatoms. The summed E-state index contributed by atoms with van der Waals surface area (Å²) < 4.78 is 0. The van der Waals surface area contributed by atoms with E-state index in [1.807, 2.05) is 30.3 Å². The molecule has 0 aliphatic heterocycles. The molecule has 0 aromatic heterocycles. The number of hydrogen-bond acceptors (Lipinski definition) is 3. The van der Waals surface area contributed by atoms with Crippen molar-refractivity contribution < 1.29 is 9.90 Å². The summed E-state index contributed by atoms with van der Waals surface area (Å²) in [5, 5.41) is 9.89. The van der Waals surface area contributed by atoms with Crippen LogP contribution < -0.4 is 10.9 Å². The first-order valence-electron chi connectivity index (χ1n) is 4.86. The van der Waals surface area contributed by atoms with Crippen molar-refractivity contribution in [3.8, 4) is 0 Å². The molecule has 15 heavy (non-hydrogen) atoms. The van der Waals surface area contributed by atoms with Gasteiger partial charge in [-0.25, -0.2) is 5.43 Å². The van der Waals surface area contributed by atoms with Gasteiger partial charge < -0.3 is 5.11 Å². The summed E-state index contributed by atoms with van der Waals surface area (Å²) in [6, 6.07) is 9.07. The number of nitrogens with one attached hydrogen (secondary N) is 2. The first-order chi connectivity index (χ1) is 7.11. The summed E-state index contributed by atoms with van der Waals surface area (Å²) in [5.74, 6) is -0.179. The molecule has 2 unspecified atom stereocenters. The van der Waals surface area contributed by atoms with Crippen LogP contribution in [0.15, 0.2) is 30.3 Å². The highest BCUT2D eigenvalue weighted by Crippen LogP contribution is 2.15. The highest BCUT2D eigenvalue weighted by Gasteiger charge is 2.15. The second-order valence-electron chi connectivity index (χ2n) is 3.47. The van der Waals surface area contributed by atoms with E-state index in [-0.39, 0.29) is 11.9 Å². The zero-order valence-electron chi connectivity index (χ0n) is 8.90. The van der Waals surface area contributed by atoms with Gasteiger partial charge in [0.1, 0.15) is 0 Å². The standard InChI is InChI=1S/C11H16N2O2/c1-8(12-13-9(2)14)11(15)10-6-4-3-5-7-10/h3-8,11-12,15H,1-2H3,(H,13,14). The Morgan fingerprint density at radius 3 is 2.47 bits per heavy atom. The number of benzene rings is 1. The quantitative estimate of drug-likeness (QED) is 0.640. The van der Waals surface area contributed by atoms with Crippen LogP contribution in [0, 0.1) is 0 Å². The van der Waals surface area contributed by atoms with E-state index in [1.165, 1.54) is 6.92 Å². The number of hydrogen-bond donors (Lipinski definition) is 3. The van der Waals surface area contributed by atoms with Gasteiger partial charge >= 0.3 is 0 Å². The molecule has 0 aliphatic rings. The van der Waals surface area contributed by atoms with Crippen LogP contribution in [0.4, 0.5) is 0 Å². The van der Waals surface area contributed by atoms with E-state index in [2.05, 4.69) is 10.9 Å². The molecule has 4 nitrogen and oxygen atoms in total. The number of aliphatic hydroxyl groups is 1. The molecule has 1 aromatic rings. The zero-order chi connectivity index (χ0) is 11.3. The van der Waals surface area contributed by atoms with Crippen LogP contribution in [0.5, 0.6) is 0 Å². The van der Waals surface area contributed by atoms with E-state index in [9.17, 15) is 9.90 Å². The maximum atomic E-state index is 10.7. The van der Waals surface area contributed by atoms with Crippen molar-refractivity contribution >= 4 is 5.91 Å². The third kappa shape index (κ3) is 3.69. The molecule has 0 fully saturated rings. The summed E-state index contributed by atoms with van der Waals surface area (Å²) in [5.41, 5.74) is 6.00. The lowest BCUT2D eigenvalue weighted by Gasteiger charge is -2.20. The van der Waals surface area contributed by atoms with Gasteiger partial charge in [0, 0.05) is 6.92 Å². The Balaban J connectivity index is 2.53. The first-order valence-corrected chi connectivity index (χ1v) is 4.86. The molecular formula is C11H16N2O2. The van der Waals surface area contributed by atoms with E-state index in [4.69, 9.17) is 0 Å². The summed E-state index contributed by atoms with van der Waals surface area (Å²) >= 11 is 0. The summed E-state index contributed by atoms with van der Waals surface area (Å²) in [6.07, 6.45) is -0.641. The summed E-state index contributed by atoms with van der Waals surface area (Å²) in [4.78, 5) is 10.7. The van der Waals surface area contributed by atoms with E-state index in [1.54, 1.807) is 6.92 Å². The van der Waals surface area contributed by atoms with Crippen molar-refractivity contribution in [3.63, 3.8) is 0 Å². The second kappa shape index (κ2) is 5.48. The summed E-state index contributed by atoms with van der Waals surface area (Å²) in [7, 11) is 0. The molecule has 1 aromatic carbocycles. The van der Waals surface area contributed by atoms with Crippen LogP contribution in [0.1, 0.15) is 25.5 Å². The van der Waals surface area contributed by atoms with Gasteiger partial charge in [-0.1, -0.05) is 30.3 Å². The van der Waals surface area contributed by atoms with Crippen molar-refractivity contribution in [2.75, 3.05) is 0 Å². The summed E-state index contributed by atoms with van der Waals surface area (Å²) in [6.45, 7) is 3.21.